The number of rotatable bonds is 6. The molecule has 0 N–H and O–H groups in total. The molecule has 0 aromatic heterocycles. The van der Waals surface area contributed by atoms with Crippen molar-refractivity contribution in [2.24, 2.45) is 0 Å². The maximum atomic E-state index is 12.2. The molecule has 0 aliphatic rings. The zero-order chi connectivity index (χ0) is 14.7. The van der Waals surface area contributed by atoms with Crippen LogP contribution < -0.4 is 4.74 Å². The number of hydrogen-bond donors (Lipinski definition) is 0. The summed E-state index contributed by atoms with van der Waals surface area (Å²) >= 11 is 0. The van der Waals surface area contributed by atoms with Gasteiger partial charge in [0.2, 0.25) is 0 Å². The Labute approximate surface area is 117 Å². The van der Waals surface area contributed by atoms with E-state index in [0.717, 1.165) is 6.04 Å². The number of sulfone groups is 1. The minimum atomic E-state index is -3.16. The Kier molecular flexibility index (Phi) is 5.21. The smallest absolute Gasteiger partial charge is 0.178 e. The molecule has 5 heteroatoms. The van der Waals surface area contributed by atoms with E-state index in [2.05, 4.69) is 19.6 Å². The molecule has 1 aromatic rings. The Hall–Kier alpha value is -0.813. The summed E-state index contributed by atoms with van der Waals surface area (Å²) in [7, 11) is -4.50. The summed E-state index contributed by atoms with van der Waals surface area (Å²) in [6.07, 6.45) is 0.0920. The summed E-state index contributed by atoms with van der Waals surface area (Å²) in [5.41, 5.74) is 0. The Morgan fingerprint density at radius 2 is 1.63 bits per heavy atom. The minimum absolute atomic E-state index is 0.0920. The molecule has 3 nitrogen and oxygen atoms in total. The molecule has 108 valence electrons. The standard InChI is InChI=1S/C14H24O3SSi/c1-12(2)17-13-6-8-14(9-7-13)18(15,16)10-11-19(3,4)5/h6-9,12H,10-11H2,1-5H3. The molecule has 0 saturated heterocycles. The lowest BCUT2D eigenvalue weighted by Gasteiger charge is -2.15. The van der Waals surface area contributed by atoms with E-state index in [1.807, 2.05) is 13.8 Å². The third-order valence-corrected chi connectivity index (χ3v) is 6.52. The minimum Gasteiger partial charge on any atom is -0.491 e. The topological polar surface area (TPSA) is 43.4 Å². The molecule has 0 atom stereocenters. The quantitative estimate of drug-likeness (QED) is 0.754. The summed E-state index contributed by atoms with van der Waals surface area (Å²) < 4.78 is 29.9. The lowest BCUT2D eigenvalue weighted by atomic mass is 10.3. The molecule has 0 unspecified atom stereocenters. The first-order valence-corrected chi connectivity index (χ1v) is 12.0. The average molecular weight is 300 g/mol. The second-order valence-electron chi connectivity index (χ2n) is 6.27. The van der Waals surface area contributed by atoms with Crippen LogP contribution in [0, 0.1) is 0 Å². The molecule has 1 rings (SSSR count). The van der Waals surface area contributed by atoms with Gasteiger partial charge in [-0.25, -0.2) is 8.42 Å². The van der Waals surface area contributed by atoms with Crippen LogP contribution in [-0.4, -0.2) is 28.3 Å². The summed E-state index contributed by atoms with van der Waals surface area (Å²) in [4.78, 5) is 0.391. The Bertz CT molecular complexity index is 498. The van der Waals surface area contributed by atoms with E-state index in [-0.39, 0.29) is 11.9 Å². The number of ether oxygens (including phenoxy) is 1. The first-order valence-electron chi connectivity index (χ1n) is 6.60. The van der Waals surface area contributed by atoms with Crippen molar-refractivity contribution < 1.29 is 13.2 Å². The molecular formula is C14H24O3SSi. The highest BCUT2D eigenvalue weighted by Gasteiger charge is 2.20. The van der Waals surface area contributed by atoms with Gasteiger partial charge < -0.3 is 4.74 Å². The Balaban J connectivity index is 2.79. The van der Waals surface area contributed by atoms with Crippen molar-refractivity contribution in [2.45, 2.75) is 50.5 Å². The van der Waals surface area contributed by atoms with Gasteiger partial charge in [0.05, 0.1) is 16.8 Å². The van der Waals surface area contributed by atoms with Crippen molar-refractivity contribution in [1.29, 1.82) is 0 Å². The predicted molar refractivity (Wildman–Crippen MR) is 82.4 cm³/mol. The van der Waals surface area contributed by atoms with Crippen LogP contribution in [0.5, 0.6) is 5.75 Å². The van der Waals surface area contributed by atoms with Gasteiger partial charge in [0, 0.05) is 8.07 Å². The van der Waals surface area contributed by atoms with Crippen LogP contribution in [0.2, 0.25) is 25.7 Å². The third kappa shape index (κ3) is 5.78. The van der Waals surface area contributed by atoms with Gasteiger partial charge in [0.15, 0.2) is 9.84 Å². The molecule has 0 fully saturated rings. The van der Waals surface area contributed by atoms with Gasteiger partial charge in [0.25, 0.3) is 0 Å². The zero-order valence-electron chi connectivity index (χ0n) is 12.4. The van der Waals surface area contributed by atoms with Gasteiger partial charge in [0.1, 0.15) is 5.75 Å². The SMILES string of the molecule is CC(C)Oc1ccc(S(=O)(=O)CC[Si](C)(C)C)cc1. The lowest BCUT2D eigenvalue weighted by molar-refractivity contribution is 0.242. The van der Waals surface area contributed by atoms with E-state index in [1.165, 1.54) is 0 Å². The van der Waals surface area contributed by atoms with E-state index >= 15 is 0 Å². The number of benzene rings is 1. The highest BCUT2D eigenvalue weighted by Crippen LogP contribution is 2.20. The fraction of sp³-hybridized carbons (Fsp3) is 0.571. The molecule has 1 aromatic carbocycles. The van der Waals surface area contributed by atoms with Crippen LogP contribution >= 0.6 is 0 Å². The first kappa shape index (κ1) is 16.2. The molecule has 0 spiro atoms. The lowest BCUT2D eigenvalue weighted by Crippen LogP contribution is -2.23. The van der Waals surface area contributed by atoms with E-state index in [9.17, 15) is 8.42 Å². The second kappa shape index (κ2) is 6.09. The van der Waals surface area contributed by atoms with Crippen molar-refractivity contribution in [3.63, 3.8) is 0 Å². The predicted octanol–water partition coefficient (Wildman–Crippen LogP) is 3.59. The first-order chi connectivity index (χ1) is 8.60. The van der Waals surface area contributed by atoms with Gasteiger partial charge in [-0.15, -0.1) is 0 Å². The summed E-state index contributed by atoms with van der Waals surface area (Å²) in [6.45, 7) is 10.4. The summed E-state index contributed by atoms with van der Waals surface area (Å²) in [5.74, 6) is 0.951. The molecular weight excluding hydrogens is 276 g/mol. The molecule has 0 saturated carbocycles. The summed E-state index contributed by atoms with van der Waals surface area (Å²) in [5, 5.41) is 0. The molecule has 0 bridgehead atoms. The molecule has 0 aliphatic carbocycles. The van der Waals surface area contributed by atoms with Crippen molar-refractivity contribution >= 4 is 17.9 Å². The van der Waals surface area contributed by atoms with Gasteiger partial charge in [-0.3, -0.25) is 0 Å². The molecule has 0 radical (unpaired) electrons. The van der Waals surface area contributed by atoms with Gasteiger partial charge in [-0.2, -0.15) is 0 Å². The molecule has 0 heterocycles. The maximum Gasteiger partial charge on any atom is 0.178 e. The van der Waals surface area contributed by atoms with Crippen LogP contribution in [0.25, 0.3) is 0 Å². The van der Waals surface area contributed by atoms with Crippen LogP contribution in [0.15, 0.2) is 29.2 Å². The monoisotopic (exact) mass is 300 g/mol. The van der Waals surface area contributed by atoms with Crippen LogP contribution in [0.1, 0.15) is 13.8 Å². The summed E-state index contributed by atoms with van der Waals surface area (Å²) in [6, 6.07) is 7.51. The van der Waals surface area contributed by atoms with Crippen LogP contribution in [0.3, 0.4) is 0 Å². The fourth-order valence-electron chi connectivity index (χ4n) is 1.56. The Morgan fingerprint density at radius 3 is 2.05 bits per heavy atom. The molecule has 0 amide bonds. The van der Waals surface area contributed by atoms with Crippen molar-refractivity contribution in [3.8, 4) is 5.75 Å². The van der Waals surface area contributed by atoms with Crippen LogP contribution in [-0.2, 0) is 9.84 Å². The second-order valence-corrected chi connectivity index (χ2v) is 14.0. The van der Waals surface area contributed by atoms with Crippen molar-refractivity contribution in [1.82, 2.24) is 0 Å². The largest absolute Gasteiger partial charge is 0.491 e. The fourth-order valence-corrected chi connectivity index (χ4v) is 5.87. The normalized spacial score (nSPS) is 12.7. The average Bonchev–Trinajstić information content (AvgIpc) is 2.26. The third-order valence-electron chi connectivity index (χ3n) is 2.68. The van der Waals surface area contributed by atoms with E-state index in [0.29, 0.717) is 10.6 Å². The molecule has 0 aliphatic heterocycles. The molecule has 19 heavy (non-hydrogen) atoms. The van der Waals surface area contributed by atoms with E-state index < -0.39 is 17.9 Å². The highest BCUT2D eigenvalue weighted by atomic mass is 32.2. The van der Waals surface area contributed by atoms with E-state index in [1.54, 1.807) is 24.3 Å². The van der Waals surface area contributed by atoms with Gasteiger partial charge in [-0.05, 0) is 44.2 Å². The maximum absolute atomic E-state index is 12.2. The van der Waals surface area contributed by atoms with E-state index in [4.69, 9.17) is 4.74 Å². The zero-order valence-corrected chi connectivity index (χ0v) is 14.3. The van der Waals surface area contributed by atoms with Gasteiger partial charge >= 0.3 is 0 Å². The van der Waals surface area contributed by atoms with Gasteiger partial charge in [-0.1, -0.05) is 19.6 Å². The number of hydrogen-bond acceptors (Lipinski definition) is 3. The highest BCUT2D eigenvalue weighted by molar-refractivity contribution is 7.91. The van der Waals surface area contributed by atoms with Crippen LogP contribution in [0.4, 0.5) is 0 Å². The Morgan fingerprint density at radius 1 is 1.11 bits per heavy atom. The van der Waals surface area contributed by atoms with Crippen molar-refractivity contribution in [2.75, 3.05) is 5.75 Å². The van der Waals surface area contributed by atoms with Crippen molar-refractivity contribution in [3.05, 3.63) is 24.3 Å².